The summed E-state index contributed by atoms with van der Waals surface area (Å²) in [6.07, 6.45) is 1.27. The second-order valence-electron chi connectivity index (χ2n) is 4.60. The number of ether oxygens (including phenoxy) is 1. The predicted octanol–water partition coefficient (Wildman–Crippen LogP) is 0.481. The van der Waals surface area contributed by atoms with E-state index < -0.39 is 0 Å². The topological polar surface area (TPSA) is 70.6 Å². The molecule has 3 atom stereocenters. The third-order valence-corrected chi connectivity index (χ3v) is 2.62. The lowest BCUT2D eigenvalue weighted by Crippen LogP contribution is -2.43. The Balaban J connectivity index is 2.09. The number of nitrogens with one attached hydrogen (secondary N) is 2. The summed E-state index contributed by atoms with van der Waals surface area (Å²) in [4.78, 5) is 11.4. The summed E-state index contributed by atoms with van der Waals surface area (Å²) in [6.45, 7) is 5.68. The molecule has 0 saturated carbocycles. The van der Waals surface area contributed by atoms with Crippen molar-refractivity contribution in [2.24, 2.45) is 5.92 Å². The molecule has 1 rings (SSSR count). The normalized spacial score (nSPS) is 23.8. The Labute approximate surface area is 96.6 Å². The van der Waals surface area contributed by atoms with Crippen LogP contribution in [0.2, 0.25) is 0 Å². The predicted molar refractivity (Wildman–Crippen MR) is 61.2 cm³/mol. The van der Waals surface area contributed by atoms with Crippen molar-refractivity contribution in [1.82, 2.24) is 10.6 Å². The van der Waals surface area contributed by atoms with Crippen molar-refractivity contribution in [3.8, 4) is 0 Å². The number of aliphatic hydroxyl groups is 1. The lowest BCUT2D eigenvalue weighted by Gasteiger charge is -2.16. The molecule has 2 amide bonds. The zero-order valence-corrected chi connectivity index (χ0v) is 10.0. The molecule has 0 spiro atoms. The molecule has 1 aliphatic heterocycles. The van der Waals surface area contributed by atoms with Crippen molar-refractivity contribution < 1.29 is 14.6 Å². The van der Waals surface area contributed by atoms with E-state index in [0.29, 0.717) is 19.6 Å². The van der Waals surface area contributed by atoms with Crippen LogP contribution in [0, 0.1) is 5.92 Å². The SMILES string of the molecule is CC(O)CC(C)CNC(=O)NC1CCOC1. The number of amides is 2. The smallest absolute Gasteiger partial charge is 0.315 e. The van der Waals surface area contributed by atoms with Crippen molar-refractivity contribution in [2.45, 2.75) is 38.8 Å². The maximum Gasteiger partial charge on any atom is 0.315 e. The minimum atomic E-state index is -0.317. The summed E-state index contributed by atoms with van der Waals surface area (Å²) in [5, 5.41) is 14.8. The van der Waals surface area contributed by atoms with Gasteiger partial charge in [-0.25, -0.2) is 4.79 Å². The van der Waals surface area contributed by atoms with Crippen LogP contribution in [0.15, 0.2) is 0 Å². The van der Waals surface area contributed by atoms with Crippen molar-refractivity contribution in [1.29, 1.82) is 0 Å². The Hall–Kier alpha value is -0.810. The summed E-state index contributed by atoms with van der Waals surface area (Å²) in [6, 6.07) is 0.0000133. The standard InChI is InChI=1S/C11H22N2O3/c1-8(5-9(2)14)6-12-11(15)13-10-3-4-16-7-10/h8-10,14H,3-7H2,1-2H3,(H2,12,13,15). The van der Waals surface area contributed by atoms with Crippen molar-refractivity contribution >= 4 is 6.03 Å². The van der Waals surface area contributed by atoms with Crippen LogP contribution < -0.4 is 10.6 Å². The Morgan fingerprint density at radius 1 is 1.56 bits per heavy atom. The molecule has 5 heteroatoms. The van der Waals surface area contributed by atoms with Crippen LogP contribution in [0.5, 0.6) is 0 Å². The second kappa shape index (κ2) is 6.70. The van der Waals surface area contributed by atoms with Crippen LogP contribution >= 0.6 is 0 Å². The van der Waals surface area contributed by atoms with Gasteiger partial charge in [-0.1, -0.05) is 6.92 Å². The third kappa shape index (κ3) is 5.32. The summed E-state index contributed by atoms with van der Waals surface area (Å²) in [5.74, 6) is 0.283. The zero-order chi connectivity index (χ0) is 12.0. The minimum absolute atomic E-state index is 0.145. The largest absolute Gasteiger partial charge is 0.393 e. The maximum absolute atomic E-state index is 11.4. The number of carbonyl (C=O) groups excluding carboxylic acids is 1. The average Bonchev–Trinajstić information content (AvgIpc) is 2.66. The van der Waals surface area contributed by atoms with Crippen molar-refractivity contribution in [2.75, 3.05) is 19.8 Å². The Morgan fingerprint density at radius 2 is 2.31 bits per heavy atom. The summed E-state index contributed by atoms with van der Waals surface area (Å²) in [5.41, 5.74) is 0. The molecule has 0 aliphatic carbocycles. The summed E-state index contributed by atoms with van der Waals surface area (Å²) < 4.78 is 5.16. The van der Waals surface area contributed by atoms with Gasteiger partial charge in [0.1, 0.15) is 0 Å². The molecule has 0 aromatic rings. The average molecular weight is 230 g/mol. The lowest BCUT2D eigenvalue weighted by atomic mass is 10.1. The lowest BCUT2D eigenvalue weighted by molar-refractivity contribution is 0.163. The van der Waals surface area contributed by atoms with Gasteiger partial charge < -0.3 is 20.5 Å². The van der Waals surface area contributed by atoms with Gasteiger partial charge in [-0.15, -0.1) is 0 Å². The van der Waals surface area contributed by atoms with Gasteiger partial charge in [0.2, 0.25) is 0 Å². The number of rotatable bonds is 5. The van der Waals surface area contributed by atoms with Gasteiger partial charge in [0, 0.05) is 13.2 Å². The van der Waals surface area contributed by atoms with Gasteiger partial charge in [0.15, 0.2) is 0 Å². The highest BCUT2D eigenvalue weighted by Crippen LogP contribution is 2.05. The number of hydrogen-bond donors (Lipinski definition) is 3. The summed E-state index contributed by atoms with van der Waals surface area (Å²) >= 11 is 0. The van der Waals surface area contributed by atoms with E-state index >= 15 is 0 Å². The van der Waals surface area contributed by atoms with Gasteiger partial charge in [-0.3, -0.25) is 0 Å². The highest BCUT2D eigenvalue weighted by molar-refractivity contribution is 5.74. The van der Waals surface area contributed by atoms with E-state index in [1.165, 1.54) is 0 Å². The van der Waals surface area contributed by atoms with E-state index in [-0.39, 0.29) is 24.1 Å². The van der Waals surface area contributed by atoms with Crippen LogP contribution in [0.4, 0.5) is 4.79 Å². The monoisotopic (exact) mass is 230 g/mol. The third-order valence-electron chi connectivity index (χ3n) is 2.62. The van der Waals surface area contributed by atoms with Gasteiger partial charge in [-0.2, -0.15) is 0 Å². The molecule has 0 aromatic carbocycles. The molecule has 0 bridgehead atoms. The minimum Gasteiger partial charge on any atom is -0.393 e. The Bertz CT molecular complexity index is 215. The van der Waals surface area contributed by atoms with Crippen molar-refractivity contribution in [3.63, 3.8) is 0 Å². The van der Waals surface area contributed by atoms with Gasteiger partial charge in [0.05, 0.1) is 18.8 Å². The first-order valence-electron chi connectivity index (χ1n) is 5.88. The van der Waals surface area contributed by atoms with Crippen LogP contribution in [0.25, 0.3) is 0 Å². The van der Waals surface area contributed by atoms with E-state index in [1.807, 2.05) is 6.92 Å². The van der Waals surface area contributed by atoms with E-state index in [0.717, 1.165) is 13.0 Å². The van der Waals surface area contributed by atoms with Crippen LogP contribution in [0.3, 0.4) is 0 Å². The molecular formula is C11H22N2O3. The number of aliphatic hydroxyl groups excluding tert-OH is 1. The van der Waals surface area contributed by atoms with Crippen LogP contribution in [0.1, 0.15) is 26.7 Å². The quantitative estimate of drug-likeness (QED) is 0.643. The van der Waals surface area contributed by atoms with Gasteiger partial charge in [-0.05, 0) is 25.7 Å². The highest BCUT2D eigenvalue weighted by Gasteiger charge is 2.17. The Kier molecular flexibility index (Phi) is 5.55. The summed E-state index contributed by atoms with van der Waals surface area (Å²) in [7, 11) is 0. The molecule has 3 unspecified atom stereocenters. The fourth-order valence-corrected chi connectivity index (χ4v) is 1.82. The first-order valence-corrected chi connectivity index (χ1v) is 5.88. The number of carbonyl (C=O) groups is 1. The maximum atomic E-state index is 11.4. The highest BCUT2D eigenvalue weighted by atomic mass is 16.5. The van der Waals surface area contributed by atoms with Crippen molar-refractivity contribution in [3.05, 3.63) is 0 Å². The van der Waals surface area contributed by atoms with Gasteiger partial charge in [0.25, 0.3) is 0 Å². The van der Waals surface area contributed by atoms with Crippen LogP contribution in [-0.2, 0) is 4.74 Å². The first kappa shape index (κ1) is 13.3. The molecule has 3 N–H and O–H groups in total. The molecule has 1 saturated heterocycles. The molecule has 1 fully saturated rings. The van der Waals surface area contributed by atoms with Crippen LogP contribution in [-0.4, -0.2) is 43.0 Å². The molecule has 16 heavy (non-hydrogen) atoms. The molecule has 1 heterocycles. The molecule has 94 valence electrons. The molecule has 5 nitrogen and oxygen atoms in total. The molecule has 0 radical (unpaired) electrons. The zero-order valence-electron chi connectivity index (χ0n) is 10.0. The Morgan fingerprint density at radius 3 is 2.88 bits per heavy atom. The fraction of sp³-hybridized carbons (Fsp3) is 0.909. The van der Waals surface area contributed by atoms with E-state index in [1.54, 1.807) is 6.92 Å². The molecule has 0 aromatic heterocycles. The second-order valence-corrected chi connectivity index (χ2v) is 4.60. The van der Waals surface area contributed by atoms with E-state index in [9.17, 15) is 9.90 Å². The molecule has 1 aliphatic rings. The fourth-order valence-electron chi connectivity index (χ4n) is 1.82. The van der Waals surface area contributed by atoms with E-state index in [2.05, 4.69) is 10.6 Å². The van der Waals surface area contributed by atoms with Gasteiger partial charge >= 0.3 is 6.03 Å². The van der Waals surface area contributed by atoms with E-state index in [4.69, 9.17) is 4.74 Å². The molecular weight excluding hydrogens is 208 g/mol. The number of hydrogen-bond acceptors (Lipinski definition) is 3. The first-order chi connectivity index (χ1) is 7.58. The number of urea groups is 1.